The van der Waals surface area contributed by atoms with Crippen LogP contribution in [0, 0.1) is 6.92 Å². The van der Waals surface area contributed by atoms with Gasteiger partial charge in [-0.1, -0.05) is 0 Å². The van der Waals surface area contributed by atoms with Crippen LogP contribution in [-0.2, 0) is 0 Å². The zero-order valence-corrected chi connectivity index (χ0v) is 12.4. The van der Waals surface area contributed by atoms with Gasteiger partial charge in [0, 0.05) is 30.4 Å². The van der Waals surface area contributed by atoms with E-state index in [2.05, 4.69) is 9.88 Å². The zero-order valence-electron chi connectivity index (χ0n) is 12.4. The minimum Gasteiger partial charge on any atom is -0.497 e. The number of rotatable bonds is 3. The molecule has 0 amide bonds. The van der Waals surface area contributed by atoms with Crippen LogP contribution in [-0.4, -0.2) is 36.2 Å². The Labute approximate surface area is 124 Å². The summed E-state index contributed by atoms with van der Waals surface area (Å²) >= 11 is 0. The minimum absolute atomic E-state index is 0.221. The summed E-state index contributed by atoms with van der Waals surface area (Å²) < 4.78 is 5.19. The Balaban J connectivity index is 1.93. The lowest BCUT2D eigenvalue weighted by Crippen LogP contribution is -2.27. The molecule has 5 nitrogen and oxygen atoms in total. The molecule has 0 saturated carbocycles. The fourth-order valence-electron chi connectivity index (χ4n) is 2.57. The first kappa shape index (κ1) is 13.8. The minimum atomic E-state index is 0.221. The molecule has 1 aromatic carbocycles. The van der Waals surface area contributed by atoms with Gasteiger partial charge in [-0.25, -0.2) is 9.97 Å². The first-order valence-electron chi connectivity index (χ1n) is 7.16. The lowest BCUT2D eigenvalue weighted by molar-refractivity contribution is 0.415. The summed E-state index contributed by atoms with van der Waals surface area (Å²) in [5.74, 6) is 1.61. The van der Waals surface area contributed by atoms with Gasteiger partial charge in [-0.05, 0) is 43.7 Å². The van der Waals surface area contributed by atoms with E-state index < -0.39 is 0 Å². The molecule has 0 aliphatic carbocycles. The number of aromatic nitrogens is 2. The Morgan fingerprint density at radius 1 is 1.24 bits per heavy atom. The van der Waals surface area contributed by atoms with Crippen molar-refractivity contribution < 1.29 is 4.74 Å². The third-order valence-electron chi connectivity index (χ3n) is 3.74. The van der Waals surface area contributed by atoms with E-state index in [1.165, 1.54) is 0 Å². The molecule has 1 aromatic heterocycles. The second-order valence-electron chi connectivity index (χ2n) is 5.42. The maximum atomic E-state index is 5.97. The van der Waals surface area contributed by atoms with Gasteiger partial charge in [0.1, 0.15) is 5.75 Å². The summed E-state index contributed by atoms with van der Waals surface area (Å²) in [5.41, 5.74) is 8.93. The van der Waals surface area contributed by atoms with Gasteiger partial charge in [0.05, 0.1) is 12.8 Å². The van der Waals surface area contributed by atoms with Gasteiger partial charge in [-0.15, -0.1) is 0 Å². The molecule has 110 valence electrons. The highest BCUT2D eigenvalue weighted by atomic mass is 16.5. The van der Waals surface area contributed by atoms with Crippen LogP contribution in [0.5, 0.6) is 5.75 Å². The second kappa shape index (κ2) is 5.69. The predicted octanol–water partition coefficient (Wildman–Crippen LogP) is 2.00. The molecule has 0 radical (unpaired) electrons. The summed E-state index contributed by atoms with van der Waals surface area (Å²) in [5, 5.41) is 0. The number of nitrogens with zero attached hydrogens (tertiary/aromatic N) is 3. The third kappa shape index (κ3) is 2.97. The molecular weight excluding hydrogens is 264 g/mol. The van der Waals surface area contributed by atoms with Gasteiger partial charge >= 0.3 is 0 Å². The maximum Gasteiger partial charge on any atom is 0.226 e. The summed E-state index contributed by atoms with van der Waals surface area (Å²) in [4.78, 5) is 11.4. The van der Waals surface area contributed by atoms with E-state index in [1.807, 2.05) is 37.3 Å². The molecule has 0 bridgehead atoms. The molecule has 21 heavy (non-hydrogen) atoms. The van der Waals surface area contributed by atoms with E-state index in [4.69, 9.17) is 15.5 Å². The number of aryl methyl sites for hydroxylation is 1. The molecule has 2 heterocycles. The van der Waals surface area contributed by atoms with Crippen LogP contribution in [0.4, 0.5) is 5.95 Å². The van der Waals surface area contributed by atoms with Crippen LogP contribution in [0.25, 0.3) is 11.3 Å². The van der Waals surface area contributed by atoms with Crippen molar-refractivity contribution in [2.75, 3.05) is 25.1 Å². The average Bonchev–Trinajstić information content (AvgIpc) is 2.93. The second-order valence-corrected chi connectivity index (χ2v) is 5.42. The largest absolute Gasteiger partial charge is 0.497 e. The van der Waals surface area contributed by atoms with Crippen molar-refractivity contribution in [1.82, 2.24) is 9.97 Å². The molecular formula is C16H20N4O. The lowest BCUT2D eigenvalue weighted by Gasteiger charge is -2.17. The van der Waals surface area contributed by atoms with Crippen molar-refractivity contribution in [1.29, 1.82) is 0 Å². The first-order chi connectivity index (χ1) is 10.2. The standard InChI is InChI=1S/C16H20N4O/c1-11-9-15(12-3-5-14(21-2)6-4-12)19-16(18-11)20-8-7-13(17)10-20/h3-6,9,13H,7-8,10,17H2,1-2H3. The van der Waals surface area contributed by atoms with E-state index in [-0.39, 0.29) is 6.04 Å². The van der Waals surface area contributed by atoms with Crippen molar-refractivity contribution >= 4 is 5.95 Å². The highest BCUT2D eigenvalue weighted by Gasteiger charge is 2.22. The Morgan fingerprint density at radius 2 is 2.00 bits per heavy atom. The van der Waals surface area contributed by atoms with Gasteiger partial charge in [-0.3, -0.25) is 0 Å². The molecule has 2 N–H and O–H groups in total. The Hall–Kier alpha value is -2.14. The smallest absolute Gasteiger partial charge is 0.226 e. The summed E-state index contributed by atoms with van der Waals surface area (Å²) in [6.07, 6.45) is 0.995. The number of ether oxygens (including phenoxy) is 1. The lowest BCUT2D eigenvalue weighted by atomic mass is 10.1. The van der Waals surface area contributed by atoms with Crippen molar-refractivity contribution in [3.05, 3.63) is 36.0 Å². The quantitative estimate of drug-likeness (QED) is 0.934. The van der Waals surface area contributed by atoms with Crippen LogP contribution in [0.3, 0.4) is 0 Å². The van der Waals surface area contributed by atoms with Crippen molar-refractivity contribution in [3.8, 4) is 17.0 Å². The molecule has 2 aromatic rings. The van der Waals surface area contributed by atoms with Crippen LogP contribution in [0.1, 0.15) is 12.1 Å². The van der Waals surface area contributed by atoms with Gasteiger partial charge in [0.15, 0.2) is 0 Å². The molecule has 1 fully saturated rings. The fourth-order valence-corrected chi connectivity index (χ4v) is 2.57. The van der Waals surface area contributed by atoms with Crippen LogP contribution in [0.2, 0.25) is 0 Å². The number of anilines is 1. The Bertz CT molecular complexity index is 627. The zero-order chi connectivity index (χ0) is 14.8. The number of benzene rings is 1. The average molecular weight is 284 g/mol. The Morgan fingerprint density at radius 3 is 2.62 bits per heavy atom. The van der Waals surface area contributed by atoms with E-state index in [9.17, 15) is 0 Å². The van der Waals surface area contributed by atoms with Gasteiger partial charge < -0.3 is 15.4 Å². The fraction of sp³-hybridized carbons (Fsp3) is 0.375. The molecule has 1 aliphatic rings. The van der Waals surface area contributed by atoms with Crippen molar-refractivity contribution in [2.45, 2.75) is 19.4 Å². The number of nitrogens with two attached hydrogens (primary N) is 1. The highest BCUT2D eigenvalue weighted by Crippen LogP contribution is 2.24. The predicted molar refractivity (Wildman–Crippen MR) is 83.6 cm³/mol. The SMILES string of the molecule is COc1ccc(-c2cc(C)nc(N3CCC(N)C3)n2)cc1. The number of hydrogen-bond acceptors (Lipinski definition) is 5. The van der Waals surface area contributed by atoms with Gasteiger partial charge in [-0.2, -0.15) is 0 Å². The molecule has 0 spiro atoms. The van der Waals surface area contributed by atoms with Crippen molar-refractivity contribution in [3.63, 3.8) is 0 Å². The Kier molecular flexibility index (Phi) is 3.75. The van der Waals surface area contributed by atoms with Crippen molar-refractivity contribution in [2.24, 2.45) is 5.73 Å². The van der Waals surface area contributed by atoms with E-state index in [1.54, 1.807) is 7.11 Å². The molecule has 1 unspecified atom stereocenters. The topological polar surface area (TPSA) is 64.3 Å². The van der Waals surface area contributed by atoms with E-state index >= 15 is 0 Å². The highest BCUT2D eigenvalue weighted by molar-refractivity contribution is 5.62. The van der Waals surface area contributed by atoms with Crippen LogP contribution >= 0.6 is 0 Å². The van der Waals surface area contributed by atoms with Gasteiger partial charge in [0.25, 0.3) is 0 Å². The van der Waals surface area contributed by atoms with Gasteiger partial charge in [0.2, 0.25) is 5.95 Å². The normalized spacial score (nSPS) is 18.0. The van der Waals surface area contributed by atoms with E-state index in [0.717, 1.165) is 48.2 Å². The number of hydrogen-bond donors (Lipinski definition) is 1. The first-order valence-corrected chi connectivity index (χ1v) is 7.16. The maximum absolute atomic E-state index is 5.97. The molecule has 1 saturated heterocycles. The summed E-state index contributed by atoms with van der Waals surface area (Å²) in [7, 11) is 1.67. The molecule has 5 heteroatoms. The molecule has 1 aliphatic heterocycles. The third-order valence-corrected chi connectivity index (χ3v) is 3.74. The van der Waals surface area contributed by atoms with Crippen LogP contribution < -0.4 is 15.4 Å². The molecule has 1 atom stereocenters. The summed E-state index contributed by atoms with van der Waals surface area (Å²) in [6.45, 7) is 3.74. The molecule has 3 rings (SSSR count). The summed E-state index contributed by atoms with van der Waals surface area (Å²) in [6, 6.07) is 10.1. The monoisotopic (exact) mass is 284 g/mol. The van der Waals surface area contributed by atoms with Crippen LogP contribution in [0.15, 0.2) is 30.3 Å². The number of methoxy groups -OCH3 is 1. The van der Waals surface area contributed by atoms with E-state index in [0.29, 0.717) is 0 Å².